The fourth-order valence-corrected chi connectivity index (χ4v) is 7.74. The summed E-state index contributed by atoms with van der Waals surface area (Å²) in [7, 11) is 6.78. The van der Waals surface area contributed by atoms with E-state index in [-0.39, 0.29) is 0 Å². The molecule has 292 valence electrons. The van der Waals surface area contributed by atoms with Crippen LogP contribution >= 0.6 is 0 Å². The highest BCUT2D eigenvalue weighted by Gasteiger charge is 2.37. The molecule has 1 aliphatic heterocycles. The van der Waals surface area contributed by atoms with E-state index in [0.717, 1.165) is 69.9 Å². The van der Waals surface area contributed by atoms with Crippen molar-refractivity contribution < 1.29 is 18.7 Å². The van der Waals surface area contributed by atoms with Crippen LogP contribution in [0.1, 0.15) is 139 Å². The standard InChI is InChI=1S/C50H70NO3/c1-5-6-7-8-9-10-11-12-13-14-15-16-18-24-40-53-46-32-28-42-29-35-49-47(48(42)41-46)36-37-50(54-49,43-26-21-20-22-27-43)44-30-33-45(34-31-44)52-39-25-19-17-23-38-51(2,3)4/h20-22,26-37,41H,5-19,23-25,38-40H2,1-4H3/q+1. The fraction of sp³-hybridized carbons (Fsp3) is 0.520. The van der Waals surface area contributed by atoms with E-state index in [1.54, 1.807) is 0 Å². The van der Waals surface area contributed by atoms with Crippen LogP contribution in [-0.4, -0.2) is 45.4 Å². The zero-order chi connectivity index (χ0) is 37.9. The second-order valence-electron chi connectivity index (χ2n) is 16.6. The Morgan fingerprint density at radius 3 is 1.67 bits per heavy atom. The molecule has 0 amide bonds. The van der Waals surface area contributed by atoms with Crippen LogP contribution in [-0.2, 0) is 5.60 Å². The second-order valence-corrected chi connectivity index (χ2v) is 16.6. The lowest BCUT2D eigenvalue weighted by molar-refractivity contribution is -0.870. The van der Waals surface area contributed by atoms with Crippen LogP contribution in [0.4, 0.5) is 0 Å². The first-order valence-electron chi connectivity index (χ1n) is 21.6. The maximum atomic E-state index is 7.06. The molecule has 1 unspecified atom stereocenters. The van der Waals surface area contributed by atoms with Crippen molar-refractivity contribution in [2.75, 3.05) is 40.9 Å². The Labute approximate surface area is 328 Å². The van der Waals surface area contributed by atoms with E-state index in [9.17, 15) is 0 Å². The molecule has 0 saturated heterocycles. The van der Waals surface area contributed by atoms with Crippen molar-refractivity contribution in [3.63, 3.8) is 0 Å². The van der Waals surface area contributed by atoms with Gasteiger partial charge in [-0.2, -0.15) is 0 Å². The van der Waals surface area contributed by atoms with Gasteiger partial charge in [-0.3, -0.25) is 0 Å². The summed E-state index contributed by atoms with van der Waals surface area (Å²) in [5.74, 6) is 2.71. The van der Waals surface area contributed by atoms with E-state index in [1.807, 2.05) is 0 Å². The van der Waals surface area contributed by atoms with Crippen LogP contribution in [0.15, 0.2) is 91.0 Å². The molecular formula is C50H70NO3+. The van der Waals surface area contributed by atoms with Crippen LogP contribution in [0.5, 0.6) is 17.2 Å². The normalized spacial score (nSPS) is 15.3. The Morgan fingerprint density at radius 1 is 0.537 bits per heavy atom. The third kappa shape index (κ3) is 12.9. The number of hydrogen-bond donors (Lipinski definition) is 0. The number of fused-ring (bicyclic) bond motifs is 3. The van der Waals surface area contributed by atoms with Crippen molar-refractivity contribution in [2.24, 2.45) is 0 Å². The van der Waals surface area contributed by atoms with Gasteiger partial charge in [-0.15, -0.1) is 0 Å². The number of nitrogens with zero attached hydrogens (tertiary/aromatic N) is 1. The van der Waals surface area contributed by atoms with E-state index in [2.05, 4.69) is 125 Å². The molecular weight excluding hydrogens is 663 g/mol. The molecule has 0 saturated carbocycles. The van der Waals surface area contributed by atoms with Crippen molar-refractivity contribution in [3.05, 3.63) is 108 Å². The summed E-state index contributed by atoms with van der Waals surface area (Å²) in [6.45, 7) is 5.02. The minimum absolute atomic E-state index is 0.742. The predicted molar refractivity (Wildman–Crippen MR) is 230 cm³/mol. The molecule has 0 spiro atoms. The highest BCUT2D eigenvalue weighted by Crippen LogP contribution is 2.45. The molecule has 0 aromatic heterocycles. The van der Waals surface area contributed by atoms with Gasteiger partial charge in [-0.1, -0.05) is 145 Å². The van der Waals surface area contributed by atoms with Gasteiger partial charge in [0.05, 0.1) is 40.9 Å². The van der Waals surface area contributed by atoms with Crippen LogP contribution in [0.2, 0.25) is 0 Å². The predicted octanol–water partition coefficient (Wildman–Crippen LogP) is 13.7. The molecule has 54 heavy (non-hydrogen) atoms. The number of ether oxygens (including phenoxy) is 3. The van der Waals surface area contributed by atoms with E-state index in [4.69, 9.17) is 14.2 Å². The fourth-order valence-electron chi connectivity index (χ4n) is 7.74. The van der Waals surface area contributed by atoms with Crippen molar-refractivity contribution >= 4 is 16.8 Å². The maximum absolute atomic E-state index is 7.06. The Kier molecular flexibility index (Phi) is 16.8. The van der Waals surface area contributed by atoms with Gasteiger partial charge in [0.1, 0.15) is 17.2 Å². The van der Waals surface area contributed by atoms with E-state index >= 15 is 0 Å². The monoisotopic (exact) mass is 733 g/mol. The highest BCUT2D eigenvalue weighted by molar-refractivity contribution is 5.95. The van der Waals surface area contributed by atoms with Gasteiger partial charge < -0.3 is 18.7 Å². The Balaban J connectivity index is 1.12. The van der Waals surface area contributed by atoms with Crippen LogP contribution < -0.4 is 14.2 Å². The highest BCUT2D eigenvalue weighted by atomic mass is 16.5. The molecule has 4 aromatic carbocycles. The number of hydrogen-bond acceptors (Lipinski definition) is 3. The summed E-state index contributed by atoms with van der Waals surface area (Å²) < 4.78 is 20.5. The minimum atomic E-state index is -0.742. The second kappa shape index (κ2) is 22.0. The molecule has 0 bridgehead atoms. The molecule has 4 heteroatoms. The number of rotatable bonds is 26. The van der Waals surface area contributed by atoms with Crippen molar-refractivity contribution in [2.45, 2.75) is 128 Å². The first-order valence-corrected chi connectivity index (χ1v) is 21.6. The lowest BCUT2D eigenvalue weighted by Crippen LogP contribution is -2.35. The van der Waals surface area contributed by atoms with E-state index in [1.165, 1.54) is 115 Å². The summed E-state index contributed by atoms with van der Waals surface area (Å²) in [5.41, 5.74) is 2.53. The average molecular weight is 733 g/mol. The van der Waals surface area contributed by atoms with Gasteiger partial charge in [0.25, 0.3) is 0 Å². The van der Waals surface area contributed by atoms with Crippen molar-refractivity contribution in [3.8, 4) is 17.2 Å². The molecule has 0 radical (unpaired) electrons. The lowest BCUT2D eigenvalue weighted by Gasteiger charge is -2.36. The summed E-state index contributed by atoms with van der Waals surface area (Å²) in [6.07, 6.45) is 28.4. The van der Waals surface area contributed by atoms with Gasteiger partial charge in [0, 0.05) is 16.7 Å². The molecule has 1 heterocycles. The first kappa shape index (κ1) is 41.4. The van der Waals surface area contributed by atoms with Crippen LogP contribution in [0.3, 0.4) is 0 Å². The molecule has 4 nitrogen and oxygen atoms in total. The average Bonchev–Trinajstić information content (AvgIpc) is 3.18. The topological polar surface area (TPSA) is 27.7 Å². The summed E-state index contributed by atoms with van der Waals surface area (Å²) in [5, 5.41) is 2.35. The largest absolute Gasteiger partial charge is 0.494 e. The SMILES string of the molecule is CCCCCCCCCCCCCCCCOc1ccc2ccc3c(c2c1)C=CC(c1ccccc1)(c1ccc(OCCCCCC[N+](C)(C)C)cc1)O3. The number of benzene rings is 4. The summed E-state index contributed by atoms with van der Waals surface area (Å²) in [4.78, 5) is 0. The number of unbranched alkanes of at least 4 members (excludes halogenated alkanes) is 16. The molecule has 0 N–H and O–H groups in total. The van der Waals surface area contributed by atoms with Crippen LogP contribution in [0.25, 0.3) is 16.8 Å². The molecule has 5 rings (SSSR count). The molecule has 1 atom stereocenters. The third-order valence-electron chi connectivity index (χ3n) is 11.0. The first-order chi connectivity index (χ1) is 26.4. The smallest absolute Gasteiger partial charge is 0.178 e. The minimum Gasteiger partial charge on any atom is -0.494 e. The lowest BCUT2D eigenvalue weighted by atomic mass is 9.83. The molecule has 0 aliphatic carbocycles. The zero-order valence-electron chi connectivity index (χ0n) is 34.3. The van der Waals surface area contributed by atoms with Gasteiger partial charge >= 0.3 is 0 Å². The van der Waals surface area contributed by atoms with Gasteiger partial charge in [-0.05, 0) is 85.4 Å². The quantitative estimate of drug-likeness (QED) is 0.0475. The Bertz CT molecular complexity index is 1670. The van der Waals surface area contributed by atoms with Gasteiger partial charge in [0.2, 0.25) is 0 Å². The maximum Gasteiger partial charge on any atom is 0.178 e. The van der Waals surface area contributed by atoms with E-state index < -0.39 is 5.60 Å². The van der Waals surface area contributed by atoms with Crippen molar-refractivity contribution in [1.82, 2.24) is 0 Å². The van der Waals surface area contributed by atoms with Gasteiger partial charge in [-0.25, -0.2) is 0 Å². The Hall–Kier alpha value is -3.76. The number of quaternary nitrogens is 1. The summed E-state index contributed by atoms with van der Waals surface area (Å²) >= 11 is 0. The van der Waals surface area contributed by atoms with Crippen LogP contribution in [0, 0.1) is 0 Å². The molecule has 4 aromatic rings. The van der Waals surface area contributed by atoms with Gasteiger partial charge in [0.15, 0.2) is 5.60 Å². The third-order valence-corrected chi connectivity index (χ3v) is 11.0. The summed E-state index contributed by atoms with van der Waals surface area (Å²) in [6, 6.07) is 29.8. The van der Waals surface area contributed by atoms with E-state index in [0.29, 0.717) is 0 Å². The van der Waals surface area contributed by atoms with Crippen molar-refractivity contribution in [1.29, 1.82) is 0 Å². The Morgan fingerprint density at radius 2 is 1.06 bits per heavy atom. The molecule has 1 aliphatic rings. The molecule has 0 fully saturated rings. The zero-order valence-corrected chi connectivity index (χ0v) is 34.3.